The number of carbonyl (C=O) groups is 1. The summed E-state index contributed by atoms with van der Waals surface area (Å²) in [5.74, 6) is 0.216. The normalized spacial score (nSPS) is 15.6. The number of nitrogens with zero attached hydrogens (tertiary/aromatic N) is 2. The fourth-order valence-corrected chi connectivity index (χ4v) is 3.07. The highest BCUT2D eigenvalue weighted by molar-refractivity contribution is 6.31. The maximum atomic E-state index is 12.9. The topological polar surface area (TPSA) is 84.7 Å². The molecule has 1 N–H and O–H groups in total. The zero-order valence-electron chi connectivity index (χ0n) is 15.4. The lowest BCUT2D eigenvalue weighted by Crippen LogP contribution is -2.43. The summed E-state index contributed by atoms with van der Waals surface area (Å²) >= 11 is 5.68. The second-order valence-corrected chi connectivity index (χ2v) is 7.39. The Bertz CT molecular complexity index is 735. The van der Waals surface area contributed by atoms with Gasteiger partial charge in [-0.05, 0) is 24.8 Å². The Morgan fingerprint density at radius 1 is 1.39 bits per heavy atom. The van der Waals surface area contributed by atoms with E-state index in [1.54, 1.807) is 0 Å². The van der Waals surface area contributed by atoms with Gasteiger partial charge in [-0.3, -0.25) is 10.1 Å². The maximum absolute atomic E-state index is 12.9. The van der Waals surface area contributed by atoms with Crippen molar-refractivity contribution in [2.45, 2.75) is 38.9 Å². The Balaban J connectivity index is 2.06. The first-order valence-electron chi connectivity index (χ1n) is 8.72. The van der Waals surface area contributed by atoms with E-state index in [4.69, 9.17) is 16.3 Å². The number of hydrogen-bond acceptors (Lipinski definition) is 5. The number of nitro benzene ring substituents is 1. The van der Waals surface area contributed by atoms with Gasteiger partial charge in [-0.25, -0.2) is 4.79 Å². The Kier molecular flexibility index (Phi) is 6.97. The summed E-state index contributed by atoms with van der Waals surface area (Å²) in [4.78, 5) is 23.8. The molecule has 1 aliphatic rings. The monoisotopic (exact) mass is 423 g/mol. The van der Waals surface area contributed by atoms with E-state index in [0.29, 0.717) is 38.6 Å². The third-order valence-electron chi connectivity index (χ3n) is 4.24. The molecule has 0 unspecified atom stereocenters. The van der Waals surface area contributed by atoms with Crippen molar-refractivity contribution in [1.82, 2.24) is 4.90 Å². The van der Waals surface area contributed by atoms with Crippen LogP contribution in [0.2, 0.25) is 5.02 Å². The Morgan fingerprint density at radius 2 is 2.00 bits per heavy atom. The van der Waals surface area contributed by atoms with Crippen LogP contribution in [-0.4, -0.2) is 41.7 Å². The molecule has 7 nitrogen and oxygen atoms in total. The van der Waals surface area contributed by atoms with Crippen molar-refractivity contribution >= 4 is 29.1 Å². The molecule has 1 aliphatic heterocycles. The summed E-state index contributed by atoms with van der Waals surface area (Å²) in [6, 6.07) is 1.11. The number of anilines is 1. The van der Waals surface area contributed by atoms with Crippen molar-refractivity contribution in [3.8, 4) is 0 Å². The summed E-state index contributed by atoms with van der Waals surface area (Å²) in [6.45, 7) is 4.90. The number of piperidine rings is 1. The molecule has 0 radical (unpaired) electrons. The van der Waals surface area contributed by atoms with E-state index in [1.165, 1.54) is 4.90 Å². The van der Waals surface area contributed by atoms with E-state index in [1.807, 2.05) is 13.8 Å². The quantitative estimate of drug-likeness (QED) is 0.535. The molecule has 2 rings (SSSR count). The molecular weight excluding hydrogens is 403 g/mol. The van der Waals surface area contributed by atoms with Crippen molar-refractivity contribution in [3.05, 3.63) is 32.8 Å². The Morgan fingerprint density at radius 3 is 2.50 bits per heavy atom. The standard InChI is InChI=1S/C17H21ClF3N3O4/c1-10(2)9-28-16(25)23-5-3-11(4-6-23)22-14-8-13(18)12(17(19,20)21)7-15(14)24(26)27/h7-8,10-11,22H,3-6,9H2,1-2H3. The van der Waals surface area contributed by atoms with Crippen LogP contribution in [-0.2, 0) is 10.9 Å². The Labute approximate surface area is 164 Å². The highest BCUT2D eigenvalue weighted by Crippen LogP contribution is 2.40. The van der Waals surface area contributed by atoms with Crippen molar-refractivity contribution in [2.75, 3.05) is 25.0 Å². The van der Waals surface area contributed by atoms with Crippen molar-refractivity contribution in [3.63, 3.8) is 0 Å². The molecule has 156 valence electrons. The minimum atomic E-state index is -4.79. The number of amides is 1. The lowest BCUT2D eigenvalue weighted by atomic mass is 10.0. The lowest BCUT2D eigenvalue weighted by molar-refractivity contribution is -0.384. The molecule has 1 saturated heterocycles. The summed E-state index contributed by atoms with van der Waals surface area (Å²) in [5.41, 5.74) is -2.03. The van der Waals surface area contributed by atoms with E-state index >= 15 is 0 Å². The fraction of sp³-hybridized carbons (Fsp3) is 0.588. The highest BCUT2D eigenvalue weighted by atomic mass is 35.5. The average molecular weight is 424 g/mol. The number of hydrogen-bond donors (Lipinski definition) is 1. The fourth-order valence-electron chi connectivity index (χ4n) is 2.80. The third-order valence-corrected chi connectivity index (χ3v) is 4.55. The minimum absolute atomic E-state index is 0.0798. The zero-order chi connectivity index (χ0) is 21.1. The lowest BCUT2D eigenvalue weighted by Gasteiger charge is -2.32. The second-order valence-electron chi connectivity index (χ2n) is 6.98. The molecule has 28 heavy (non-hydrogen) atoms. The first-order chi connectivity index (χ1) is 13.0. The number of carbonyl (C=O) groups excluding carboxylic acids is 1. The number of ether oxygens (including phenoxy) is 1. The first kappa shape index (κ1) is 22.1. The molecule has 1 heterocycles. The second kappa shape index (κ2) is 8.85. The van der Waals surface area contributed by atoms with Crippen LogP contribution in [0.1, 0.15) is 32.3 Å². The smallest absolute Gasteiger partial charge is 0.418 e. The number of likely N-dealkylation sites (tertiary alicyclic amines) is 1. The van der Waals surface area contributed by atoms with Crippen LogP contribution in [0.5, 0.6) is 0 Å². The molecule has 1 aromatic rings. The molecule has 1 fully saturated rings. The van der Waals surface area contributed by atoms with Crippen molar-refractivity contribution < 1.29 is 27.6 Å². The number of nitro groups is 1. The van der Waals surface area contributed by atoms with Crippen molar-refractivity contribution in [2.24, 2.45) is 5.92 Å². The maximum Gasteiger partial charge on any atom is 0.418 e. The largest absolute Gasteiger partial charge is 0.449 e. The molecule has 0 bridgehead atoms. The molecule has 11 heteroatoms. The Hall–Kier alpha value is -2.23. The van der Waals surface area contributed by atoms with E-state index < -0.39 is 33.5 Å². The first-order valence-corrected chi connectivity index (χ1v) is 9.10. The molecule has 1 aromatic carbocycles. The van der Waals surface area contributed by atoms with Crippen LogP contribution < -0.4 is 5.32 Å². The van der Waals surface area contributed by atoms with E-state index in [-0.39, 0.29) is 17.6 Å². The molecule has 0 atom stereocenters. The van der Waals surface area contributed by atoms with E-state index in [0.717, 1.165) is 6.07 Å². The molecule has 0 saturated carbocycles. The van der Waals surface area contributed by atoms with Gasteiger partial charge in [-0.1, -0.05) is 25.4 Å². The molecular formula is C17H21ClF3N3O4. The van der Waals surface area contributed by atoms with Crippen LogP contribution in [0.4, 0.5) is 29.3 Å². The molecule has 0 spiro atoms. The van der Waals surface area contributed by atoms with Crippen molar-refractivity contribution in [1.29, 1.82) is 0 Å². The number of alkyl halides is 3. The van der Waals surface area contributed by atoms with Gasteiger partial charge >= 0.3 is 12.3 Å². The number of rotatable bonds is 5. The van der Waals surface area contributed by atoms with Gasteiger partial charge in [0.2, 0.25) is 0 Å². The predicted octanol–water partition coefficient (Wildman–Crippen LogP) is 4.94. The van der Waals surface area contributed by atoms with Crippen LogP contribution in [0.15, 0.2) is 12.1 Å². The molecule has 0 aliphatic carbocycles. The van der Waals surface area contributed by atoms with Gasteiger partial charge in [0.1, 0.15) is 5.69 Å². The van der Waals surface area contributed by atoms with Crippen LogP contribution in [0.3, 0.4) is 0 Å². The van der Waals surface area contributed by atoms with Crippen LogP contribution in [0.25, 0.3) is 0 Å². The number of benzene rings is 1. The summed E-state index contributed by atoms with van der Waals surface area (Å²) in [5, 5.41) is 13.5. The van der Waals surface area contributed by atoms with Gasteiger partial charge in [-0.15, -0.1) is 0 Å². The summed E-state index contributed by atoms with van der Waals surface area (Å²) in [7, 11) is 0. The minimum Gasteiger partial charge on any atom is -0.449 e. The molecule has 1 amide bonds. The molecule has 0 aromatic heterocycles. The van der Waals surface area contributed by atoms with Gasteiger partial charge in [-0.2, -0.15) is 13.2 Å². The SMILES string of the molecule is CC(C)COC(=O)N1CCC(Nc2cc(Cl)c(C(F)(F)F)cc2[N+](=O)[O-])CC1. The number of nitrogens with one attached hydrogen (secondary N) is 1. The third kappa shape index (κ3) is 5.63. The van der Waals surface area contributed by atoms with E-state index in [9.17, 15) is 28.1 Å². The van der Waals surface area contributed by atoms with E-state index in [2.05, 4.69) is 5.32 Å². The summed E-state index contributed by atoms with van der Waals surface area (Å²) in [6.07, 6.45) is -4.28. The van der Waals surface area contributed by atoms with Gasteiger partial charge in [0, 0.05) is 25.2 Å². The zero-order valence-corrected chi connectivity index (χ0v) is 16.1. The number of halogens is 4. The van der Waals surface area contributed by atoms with Gasteiger partial charge in [0.05, 0.1) is 22.1 Å². The predicted molar refractivity (Wildman–Crippen MR) is 97.5 cm³/mol. The van der Waals surface area contributed by atoms with Crippen LogP contribution >= 0.6 is 11.6 Å². The average Bonchev–Trinajstić information content (AvgIpc) is 2.59. The van der Waals surface area contributed by atoms with Crippen LogP contribution in [0, 0.1) is 16.0 Å². The van der Waals surface area contributed by atoms with Gasteiger partial charge in [0.15, 0.2) is 0 Å². The highest BCUT2D eigenvalue weighted by Gasteiger charge is 2.36. The van der Waals surface area contributed by atoms with Gasteiger partial charge < -0.3 is 15.0 Å². The summed E-state index contributed by atoms with van der Waals surface area (Å²) < 4.78 is 44.0. The van der Waals surface area contributed by atoms with Gasteiger partial charge in [0.25, 0.3) is 5.69 Å².